The van der Waals surface area contributed by atoms with Crippen molar-refractivity contribution in [1.29, 1.82) is 0 Å². The molecule has 0 bridgehead atoms. The Balaban J connectivity index is 2.67. The van der Waals surface area contributed by atoms with Gasteiger partial charge in [-0.3, -0.25) is 0 Å². The summed E-state index contributed by atoms with van der Waals surface area (Å²) < 4.78 is 1.48. The molecule has 0 spiro atoms. The molecule has 0 aromatic rings. The van der Waals surface area contributed by atoms with E-state index in [1.165, 1.54) is 10.0 Å². The summed E-state index contributed by atoms with van der Waals surface area (Å²) in [5.74, 6) is 0.722. The van der Waals surface area contributed by atoms with Crippen molar-refractivity contribution in [2.45, 2.75) is 27.2 Å². The molecule has 1 unspecified atom stereocenters. The predicted octanol–water partition coefficient (Wildman–Crippen LogP) is 3.93. The van der Waals surface area contributed by atoms with Crippen LogP contribution in [-0.4, -0.2) is 0 Å². The van der Waals surface area contributed by atoms with Gasteiger partial charge in [-0.2, -0.15) is 0 Å². The molecule has 0 aromatic carbocycles. The average Bonchev–Trinajstić information content (AvgIpc) is 1.86. The monoisotopic (exact) mass is 262 g/mol. The summed E-state index contributed by atoms with van der Waals surface area (Å²) in [5.41, 5.74) is 0.418. The van der Waals surface area contributed by atoms with E-state index in [-0.39, 0.29) is 0 Å². The van der Waals surface area contributed by atoms with Crippen molar-refractivity contribution < 1.29 is 0 Å². The molecule has 0 nitrogen and oxygen atoms in total. The second kappa shape index (κ2) is 3.30. The SMILES string of the molecule is CC(C)(C)C1C=CC=C(I)C1. The van der Waals surface area contributed by atoms with Gasteiger partial charge >= 0.3 is 0 Å². The summed E-state index contributed by atoms with van der Waals surface area (Å²) in [6.07, 6.45) is 7.92. The van der Waals surface area contributed by atoms with Crippen LogP contribution in [-0.2, 0) is 0 Å². The normalized spacial score (nSPS) is 25.1. The van der Waals surface area contributed by atoms with Gasteiger partial charge in [0.2, 0.25) is 0 Å². The third-order valence-corrected chi connectivity index (χ3v) is 2.95. The van der Waals surface area contributed by atoms with E-state index in [9.17, 15) is 0 Å². The number of hydrogen-bond acceptors (Lipinski definition) is 0. The highest BCUT2D eigenvalue weighted by Gasteiger charge is 2.23. The zero-order chi connectivity index (χ0) is 8.48. The van der Waals surface area contributed by atoms with Crippen LogP contribution in [0.3, 0.4) is 0 Å². The number of rotatable bonds is 0. The molecule has 0 aromatic heterocycles. The molecule has 11 heavy (non-hydrogen) atoms. The van der Waals surface area contributed by atoms with Crippen molar-refractivity contribution in [2.75, 3.05) is 0 Å². The second-order valence-electron chi connectivity index (χ2n) is 4.18. The highest BCUT2D eigenvalue weighted by atomic mass is 127. The summed E-state index contributed by atoms with van der Waals surface area (Å²) in [4.78, 5) is 0. The molecule has 0 heterocycles. The molecule has 0 saturated heterocycles. The Kier molecular flexibility index (Phi) is 2.79. The number of hydrogen-bond donors (Lipinski definition) is 0. The first-order valence-electron chi connectivity index (χ1n) is 4.03. The van der Waals surface area contributed by atoms with Gasteiger partial charge in [-0.05, 0) is 43.9 Å². The maximum Gasteiger partial charge on any atom is -0.00881 e. The molecule has 1 rings (SSSR count). The van der Waals surface area contributed by atoms with Gasteiger partial charge in [0.15, 0.2) is 0 Å². The summed E-state index contributed by atoms with van der Waals surface area (Å²) >= 11 is 2.42. The minimum Gasteiger partial charge on any atom is -0.0805 e. The molecule has 0 N–H and O–H groups in total. The van der Waals surface area contributed by atoms with Crippen LogP contribution in [0.4, 0.5) is 0 Å². The largest absolute Gasteiger partial charge is 0.0805 e. The lowest BCUT2D eigenvalue weighted by Gasteiger charge is -2.29. The van der Waals surface area contributed by atoms with Gasteiger partial charge in [-0.15, -0.1) is 0 Å². The quantitative estimate of drug-likeness (QED) is 0.580. The fourth-order valence-corrected chi connectivity index (χ4v) is 1.92. The van der Waals surface area contributed by atoms with Crippen LogP contribution in [0.25, 0.3) is 0 Å². The van der Waals surface area contributed by atoms with E-state index in [0.29, 0.717) is 5.41 Å². The second-order valence-corrected chi connectivity index (χ2v) is 5.56. The molecule has 1 heteroatoms. The Bertz CT molecular complexity index is 193. The van der Waals surface area contributed by atoms with E-state index < -0.39 is 0 Å². The maximum absolute atomic E-state index is 2.42. The van der Waals surface area contributed by atoms with E-state index >= 15 is 0 Å². The van der Waals surface area contributed by atoms with Gasteiger partial charge in [0, 0.05) is 0 Å². The molecule has 0 amide bonds. The Hall–Kier alpha value is 0.210. The molecule has 1 atom stereocenters. The lowest BCUT2D eigenvalue weighted by molar-refractivity contribution is 0.293. The lowest BCUT2D eigenvalue weighted by atomic mass is 9.77. The molecule has 0 fully saturated rings. The summed E-state index contributed by atoms with van der Waals surface area (Å²) in [6.45, 7) is 6.91. The van der Waals surface area contributed by atoms with Crippen LogP contribution in [0.15, 0.2) is 21.8 Å². The fraction of sp³-hybridized carbons (Fsp3) is 0.600. The van der Waals surface area contributed by atoms with Crippen molar-refractivity contribution in [1.82, 2.24) is 0 Å². The van der Waals surface area contributed by atoms with Gasteiger partial charge in [0.25, 0.3) is 0 Å². The smallest absolute Gasteiger partial charge is 0.00881 e. The number of allylic oxidation sites excluding steroid dienone is 4. The van der Waals surface area contributed by atoms with Crippen LogP contribution < -0.4 is 0 Å². The highest BCUT2D eigenvalue weighted by Crippen LogP contribution is 2.36. The van der Waals surface area contributed by atoms with Crippen LogP contribution >= 0.6 is 22.6 Å². The number of halogens is 1. The van der Waals surface area contributed by atoms with E-state index in [1.54, 1.807) is 0 Å². The Morgan fingerprint density at radius 1 is 1.45 bits per heavy atom. The van der Waals surface area contributed by atoms with Crippen molar-refractivity contribution in [3.63, 3.8) is 0 Å². The third-order valence-electron chi connectivity index (χ3n) is 2.15. The van der Waals surface area contributed by atoms with Crippen LogP contribution in [0.5, 0.6) is 0 Å². The molecule has 1 aliphatic carbocycles. The van der Waals surface area contributed by atoms with Crippen molar-refractivity contribution in [3.8, 4) is 0 Å². The van der Waals surface area contributed by atoms with E-state index in [4.69, 9.17) is 0 Å². The Morgan fingerprint density at radius 3 is 2.45 bits per heavy atom. The zero-order valence-corrected chi connectivity index (χ0v) is 9.55. The minimum atomic E-state index is 0.418. The Morgan fingerprint density at radius 2 is 2.09 bits per heavy atom. The molecular formula is C10H15I. The van der Waals surface area contributed by atoms with Gasteiger partial charge in [-0.25, -0.2) is 0 Å². The third kappa shape index (κ3) is 2.62. The van der Waals surface area contributed by atoms with E-state index in [2.05, 4.69) is 61.6 Å². The fourth-order valence-electron chi connectivity index (χ4n) is 1.24. The molecule has 0 saturated carbocycles. The standard InChI is InChI=1S/C10H15I/c1-10(2,3)8-5-4-6-9(11)7-8/h4-6,8H,7H2,1-3H3. The highest BCUT2D eigenvalue weighted by molar-refractivity contribution is 14.1. The van der Waals surface area contributed by atoms with Crippen molar-refractivity contribution in [2.24, 2.45) is 11.3 Å². The van der Waals surface area contributed by atoms with Gasteiger partial charge in [0.1, 0.15) is 0 Å². The van der Waals surface area contributed by atoms with Gasteiger partial charge in [-0.1, -0.05) is 39.0 Å². The van der Waals surface area contributed by atoms with Crippen molar-refractivity contribution >= 4 is 22.6 Å². The molecule has 0 aliphatic heterocycles. The van der Waals surface area contributed by atoms with Crippen LogP contribution in [0.2, 0.25) is 0 Å². The Labute approximate surface area is 82.9 Å². The summed E-state index contributed by atoms with van der Waals surface area (Å²) in [7, 11) is 0. The van der Waals surface area contributed by atoms with Gasteiger partial charge < -0.3 is 0 Å². The van der Waals surface area contributed by atoms with Crippen LogP contribution in [0.1, 0.15) is 27.2 Å². The van der Waals surface area contributed by atoms with Gasteiger partial charge in [0.05, 0.1) is 0 Å². The minimum absolute atomic E-state index is 0.418. The summed E-state index contributed by atoms with van der Waals surface area (Å²) in [6, 6.07) is 0. The molecule has 0 radical (unpaired) electrons. The first-order valence-corrected chi connectivity index (χ1v) is 5.11. The van der Waals surface area contributed by atoms with Crippen LogP contribution in [0, 0.1) is 11.3 Å². The van der Waals surface area contributed by atoms with Crippen molar-refractivity contribution in [3.05, 3.63) is 21.8 Å². The molecule has 62 valence electrons. The predicted molar refractivity (Wildman–Crippen MR) is 58.8 cm³/mol. The first kappa shape index (κ1) is 9.30. The van der Waals surface area contributed by atoms with E-state index in [0.717, 1.165) is 5.92 Å². The molecule has 1 aliphatic rings. The average molecular weight is 262 g/mol. The topological polar surface area (TPSA) is 0 Å². The molecular weight excluding hydrogens is 247 g/mol. The zero-order valence-electron chi connectivity index (χ0n) is 7.39. The van der Waals surface area contributed by atoms with E-state index in [1.807, 2.05) is 0 Å². The maximum atomic E-state index is 2.42. The summed E-state index contributed by atoms with van der Waals surface area (Å²) in [5, 5.41) is 0. The lowest BCUT2D eigenvalue weighted by Crippen LogP contribution is -2.19. The first-order chi connectivity index (χ1) is 5.00.